The van der Waals surface area contributed by atoms with Gasteiger partial charge in [0.2, 0.25) is 0 Å². The zero-order valence-electron chi connectivity index (χ0n) is 8.64. The summed E-state index contributed by atoms with van der Waals surface area (Å²) in [5.74, 6) is 1.05. The molecule has 70 valence electrons. The number of fused-ring (bicyclic) bond motifs is 2. The standard InChI is InChI=1S/C11H21N/c1-11(2,3)8-12-7-9-4-5-10(12)6-9/h9-10H,4-8H2,1-3H3/t9-,10+/m0/s1. The molecule has 12 heavy (non-hydrogen) atoms. The average molecular weight is 167 g/mol. The highest BCUT2D eigenvalue weighted by Gasteiger charge is 2.38. The van der Waals surface area contributed by atoms with Crippen LogP contribution in [0.1, 0.15) is 40.0 Å². The Labute approximate surface area is 76.1 Å². The number of nitrogens with zero attached hydrogens (tertiary/aromatic N) is 1. The molecule has 0 N–H and O–H groups in total. The smallest absolute Gasteiger partial charge is 0.00988 e. The second kappa shape index (κ2) is 2.73. The van der Waals surface area contributed by atoms with Gasteiger partial charge in [0.1, 0.15) is 0 Å². The van der Waals surface area contributed by atoms with Gasteiger partial charge in [-0.05, 0) is 30.6 Å². The largest absolute Gasteiger partial charge is 0.300 e. The third-order valence-electron chi connectivity index (χ3n) is 3.20. The third-order valence-corrected chi connectivity index (χ3v) is 3.20. The first kappa shape index (κ1) is 8.55. The minimum atomic E-state index is 0.491. The summed E-state index contributed by atoms with van der Waals surface area (Å²) in [5.41, 5.74) is 0.491. The van der Waals surface area contributed by atoms with Crippen molar-refractivity contribution in [2.75, 3.05) is 13.1 Å². The van der Waals surface area contributed by atoms with E-state index in [2.05, 4.69) is 25.7 Å². The summed E-state index contributed by atoms with van der Waals surface area (Å²) in [7, 11) is 0. The Balaban J connectivity index is 1.91. The molecule has 1 heterocycles. The molecule has 0 aromatic rings. The summed E-state index contributed by atoms with van der Waals surface area (Å²) in [6, 6.07) is 0.953. The quantitative estimate of drug-likeness (QED) is 0.580. The summed E-state index contributed by atoms with van der Waals surface area (Å²) < 4.78 is 0. The number of likely N-dealkylation sites (tertiary alicyclic amines) is 1. The first-order chi connectivity index (χ1) is 5.54. The molecule has 0 aromatic carbocycles. The van der Waals surface area contributed by atoms with E-state index in [0.717, 1.165) is 12.0 Å². The van der Waals surface area contributed by atoms with Crippen LogP contribution in [0, 0.1) is 11.3 Å². The van der Waals surface area contributed by atoms with Crippen molar-refractivity contribution in [2.45, 2.75) is 46.1 Å². The van der Waals surface area contributed by atoms with Gasteiger partial charge < -0.3 is 0 Å². The van der Waals surface area contributed by atoms with Gasteiger partial charge in [0.05, 0.1) is 0 Å². The van der Waals surface area contributed by atoms with Crippen LogP contribution in [0.15, 0.2) is 0 Å². The number of hydrogen-bond donors (Lipinski definition) is 0. The van der Waals surface area contributed by atoms with E-state index >= 15 is 0 Å². The fourth-order valence-corrected chi connectivity index (χ4v) is 2.83. The predicted octanol–water partition coefficient (Wildman–Crippen LogP) is 2.52. The molecule has 2 fully saturated rings. The maximum Gasteiger partial charge on any atom is 0.00988 e. The van der Waals surface area contributed by atoms with E-state index in [4.69, 9.17) is 0 Å². The van der Waals surface area contributed by atoms with E-state index < -0.39 is 0 Å². The molecular weight excluding hydrogens is 146 g/mol. The van der Waals surface area contributed by atoms with Crippen LogP contribution < -0.4 is 0 Å². The molecule has 1 aliphatic heterocycles. The van der Waals surface area contributed by atoms with E-state index in [-0.39, 0.29) is 0 Å². The topological polar surface area (TPSA) is 3.24 Å². The van der Waals surface area contributed by atoms with E-state index in [1.165, 1.54) is 32.4 Å². The molecular formula is C11H21N. The first-order valence-electron chi connectivity index (χ1n) is 5.29. The molecule has 1 heteroatoms. The lowest BCUT2D eigenvalue weighted by atomic mass is 9.95. The molecule has 2 aliphatic rings. The SMILES string of the molecule is CC(C)(C)CN1C[C@H]2CC[C@@H]1C2. The van der Waals surface area contributed by atoms with Gasteiger partial charge in [0, 0.05) is 19.1 Å². The lowest BCUT2D eigenvalue weighted by Crippen LogP contribution is -2.38. The van der Waals surface area contributed by atoms with E-state index in [0.29, 0.717) is 5.41 Å². The van der Waals surface area contributed by atoms with Crippen molar-refractivity contribution >= 4 is 0 Å². The van der Waals surface area contributed by atoms with E-state index in [9.17, 15) is 0 Å². The Kier molecular flexibility index (Phi) is 1.95. The maximum absolute atomic E-state index is 2.72. The fraction of sp³-hybridized carbons (Fsp3) is 1.00. The molecule has 1 nitrogen and oxygen atoms in total. The molecule has 1 saturated heterocycles. The van der Waals surface area contributed by atoms with Crippen molar-refractivity contribution < 1.29 is 0 Å². The molecule has 0 radical (unpaired) electrons. The molecule has 0 amide bonds. The molecule has 0 aromatic heterocycles. The first-order valence-corrected chi connectivity index (χ1v) is 5.29. The van der Waals surface area contributed by atoms with Gasteiger partial charge in [-0.25, -0.2) is 0 Å². The summed E-state index contributed by atoms with van der Waals surface area (Å²) in [4.78, 5) is 2.72. The highest BCUT2D eigenvalue weighted by Crippen LogP contribution is 2.38. The van der Waals surface area contributed by atoms with Gasteiger partial charge >= 0.3 is 0 Å². The predicted molar refractivity (Wildman–Crippen MR) is 52.2 cm³/mol. The van der Waals surface area contributed by atoms with Crippen LogP contribution in [0.3, 0.4) is 0 Å². The van der Waals surface area contributed by atoms with Gasteiger partial charge in [-0.15, -0.1) is 0 Å². The molecule has 2 atom stereocenters. The monoisotopic (exact) mass is 167 g/mol. The molecule has 2 bridgehead atoms. The zero-order chi connectivity index (χ0) is 8.77. The van der Waals surface area contributed by atoms with E-state index in [1.807, 2.05) is 0 Å². The second-order valence-corrected chi connectivity index (χ2v) is 5.82. The summed E-state index contributed by atoms with van der Waals surface area (Å²) in [5, 5.41) is 0. The minimum absolute atomic E-state index is 0.491. The molecule has 0 spiro atoms. The summed E-state index contributed by atoms with van der Waals surface area (Å²) >= 11 is 0. The van der Waals surface area contributed by atoms with Crippen LogP contribution in [0.2, 0.25) is 0 Å². The van der Waals surface area contributed by atoms with Crippen LogP contribution in [0.4, 0.5) is 0 Å². The van der Waals surface area contributed by atoms with E-state index in [1.54, 1.807) is 0 Å². The number of piperidine rings is 1. The number of hydrogen-bond acceptors (Lipinski definition) is 1. The van der Waals surface area contributed by atoms with Gasteiger partial charge in [-0.3, -0.25) is 4.90 Å². The van der Waals surface area contributed by atoms with Crippen LogP contribution in [-0.2, 0) is 0 Å². The zero-order valence-corrected chi connectivity index (χ0v) is 8.64. The van der Waals surface area contributed by atoms with Crippen molar-refractivity contribution in [3.63, 3.8) is 0 Å². The summed E-state index contributed by atoms with van der Waals surface area (Å²) in [6.45, 7) is 9.73. The summed E-state index contributed by atoms with van der Waals surface area (Å²) in [6.07, 6.45) is 4.47. The van der Waals surface area contributed by atoms with Crippen molar-refractivity contribution in [2.24, 2.45) is 11.3 Å². The Bertz CT molecular complexity index is 168. The minimum Gasteiger partial charge on any atom is -0.300 e. The van der Waals surface area contributed by atoms with Crippen LogP contribution >= 0.6 is 0 Å². The molecule has 0 unspecified atom stereocenters. The Morgan fingerprint density at radius 1 is 1.25 bits per heavy atom. The normalized spacial score (nSPS) is 36.2. The average Bonchev–Trinajstić information content (AvgIpc) is 2.42. The number of rotatable bonds is 1. The Morgan fingerprint density at radius 2 is 2.00 bits per heavy atom. The maximum atomic E-state index is 2.72. The lowest BCUT2D eigenvalue weighted by Gasteiger charge is -2.32. The highest BCUT2D eigenvalue weighted by molar-refractivity contribution is 4.93. The second-order valence-electron chi connectivity index (χ2n) is 5.82. The third kappa shape index (κ3) is 1.66. The lowest BCUT2D eigenvalue weighted by molar-refractivity contribution is 0.152. The van der Waals surface area contributed by atoms with Crippen molar-refractivity contribution in [1.82, 2.24) is 4.90 Å². The van der Waals surface area contributed by atoms with Crippen LogP contribution in [0.25, 0.3) is 0 Å². The van der Waals surface area contributed by atoms with Gasteiger partial charge in [0.25, 0.3) is 0 Å². The van der Waals surface area contributed by atoms with Crippen molar-refractivity contribution in [3.05, 3.63) is 0 Å². The van der Waals surface area contributed by atoms with Gasteiger partial charge in [-0.1, -0.05) is 20.8 Å². The fourth-order valence-electron chi connectivity index (χ4n) is 2.83. The van der Waals surface area contributed by atoms with Crippen molar-refractivity contribution in [3.8, 4) is 0 Å². The van der Waals surface area contributed by atoms with Gasteiger partial charge in [0.15, 0.2) is 0 Å². The molecule has 1 aliphatic carbocycles. The molecule has 2 rings (SSSR count). The Hall–Kier alpha value is -0.0400. The van der Waals surface area contributed by atoms with Crippen LogP contribution in [-0.4, -0.2) is 24.0 Å². The Morgan fingerprint density at radius 3 is 2.42 bits per heavy atom. The highest BCUT2D eigenvalue weighted by atomic mass is 15.2. The van der Waals surface area contributed by atoms with Gasteiger partial charge in [-0.2, -0.15) is 0 Å². The molecule has 1 saturated carbocycles. The van der Waals surface area contributed by atoms with Crippen LogP contribution in [0.5, 0.6) is 0 Å². The van der Waals surface area contributed by atoms with Crippen molar-refractivity contribution in [1.29, 1.82) is 0 Å².